The van der Waals surface area contributed by atoms with Crippen molar-refractivity contribution in [3.05, 3.63) is 113 Å². The summed E-state index contributed by atoms with van der Waals surface area (Å²) in [4.78, 5) is 24.8. The molecule has 2 aromatic rings. The second-order valence-electron chi connectivity index (χ2n) is 7.13. The average Bonchev–Trinajstić information content (AvgIpc) is 3.34. The molecule has 0 aromatic heterocycles. The minimum absolute atomic E-state index is 0.277. The standard InChI is InChI=1S/C26H22O4/c1-29-25(27)23-21-15-16-22(24(23)26(28)30-2)20(21)14-13-19(17-9-5-3-6-10-17)18-11-7-4-8-12-18/h3-16,21-22H,1-2H3. The zero-order chi connectivity index (χ0) is 21.1. The van der Waals surface area contributed by atoms with Gasteiger partial charge >= 0.3 is 11.9 Å². The van der Waals surface area contributed by atoms with Gasteiger partial charge in [0.1, 0.15) is 0 Å². The zero-order valence-electron chi connectivity index (χ0n) is 16.9. The maximum atomic E-state index is 12.4. The number of carbonyl (C=O) groups is 2. The first kappa shape index (κ1) is 19.6. The molecule has 2 bridgehead atoms. The number of ether oxygens (including phenoxy) is 2. The first-order valence-corrected chi connectivity index (χ1v) is 9.77. The molecule has 4 nitrogen and oxygen atoms in total. The summed E-state index contributed by atoms with van der Waals surface area (Å²) in [5.74, 6) is -1.54. The lowest BCUT2D eigenvalue weighted by Gasteiger charge is -2.11. The first-order chi connectivity index (χ1) is 14.7. The van der Waals surface area contributed by atoms with Crippen molar-refractivity contribution in [2.45, 2.75) is 0 Å². The van der Waals surface area contributed by atoms with Gasteiger partial charge < -0.3 is 9.47 Å². The summed E-state index contributed by atoms with van der Waals surface area (Å²) >= 11 is 0. The number of hydrogen-bond acceptors (Lipinski definition) is 4. The van der Waals surface area contributed by atoms with Crippen molar-refractivity contribution >= 4 is 17.5 Å². The van der Waals surface area contributed by atoms with Crippen LogP contribution in [0.5, 0.6) is 0 Å². The van der Waals surface area contributed by atoms with Crippen molar-refractivity contribution in [1.82, 2.24) is 0 Å². The molecule has 0 amide bonds. The van der Waals surface area contributed by atoms with E-state index in [1.54, 1.807) is 0 Å². The second-order valence-corrected chi connectivity index (χ2v) is 7.13. The van der Waals surface area contributed by atoms with E-state index >= 15 is 0 Å². The van der Waals surface area contributed by atoms with E-state index in [1.807, 2.05) is 54.6 Å². The molecule has 4 rings (SSSR count). The van der Waals surface area contributed by atoms with E-state index in [0.29, 0.717) is 11.1 Å². The molecule has 150 valence electrons. The van der Waals surface area contributed by atoms with Gasteiger partial charge in [0.15, 0.2) is 0 Å². The maximum Gasteiger partial charge on any atom is 0.335 e. The second kappa shape index (κ2) is 8.37. The third-order valence-electron chi connectivity index (χ3n) is 5.55. The van der Waals surface area contributed by atoms with Crippen LogP contribution in [0.3, 0.4) is 0 Å². The summed E-state index contributed by atoms with van der Waals surface area (Å²) in [5.41, 5.74) is 4.96. The molecule has 0 N–H and O–H groups in total. The highest BCUT2D eigenvalue weighted by atomic mass is 16.5. The largest absolute Gasteiger partial charge is 0.466 e. The predicted molar refractivity (Wildman–Crippen MR) is 115 cm³/mol. The van der Waals surface area contributed by atoms with Gasteiger partial charge in [-0.25, -0.2) is 9.59 Å². The molecule has 2 aliphatic rings. The van der Waals surface area contributed by atoms with Gasteiger partial charge in [0.2, 0.25) is 0 Å². The highest BCUT2D eigenvalue weighted by Gasteiger charge is 2.46. The van der Waals surface area contributed by atoms with Crippen LogP contribution in [0.2, 0.25) is 0 Å². The number of hydrogen-bond donors (Lipinski definition) is 0. The molecule has 0 heterocycles. The van der Waals surface area contributed by atoms with Crippen LogP contribution in [0.4, 0.5) is 0 Å². The Morgan fingerprint density at radius 2 is 1.17 bits per heavy atom. The molecule has 2 unspecified atom stereocenters. The molecule has 2 atom stereocenters. The number of carbonyl (C=O) groups excluding carboxylic acids is 2. The van der Waals surface area contributed by atoms with Gasteiger partial charge in [-0.15, -0.1) is 0 Å². The number of rotatable bonds is 5. The number of allylic oxidation sites excluding steroid dienone is 5. The Bertz CT molecular complexity index is 1010. The smallest absolute Gasteiger partial charge is 0.335 e. The van der Waals surface area contributed by atoms with Crippen LogP contribution < -0.4 is 0 Å². The average molecular weight is 398 g/mol. The third-order valence-corrected chi connectivity index (χ3v) is 5.55. The van der Waals surface area contributed by atoms with E-state index < -0.39 is 11.9 Å². The maximum absolute atomic E-state index is 12.4. The topological polar surface area (TPSA) is 52.6 Å². The lowest BCUT2D eigenvalue weighted by atomic mass is 9.94. The van der Waals surface area contributed by atoms with Crippen LogP contribution in [0.25, 0.3) is 5.57 Å². The van der Waals surface area contributed by atoms with Crippen LogP contribution >= 0.6 is 0 Å². The van der Waals surface area contributed by atoms with E-state index in [9.17, 15) is 9.59 Å². The van der Waals surface area contributed by atoms with Gasteiger partial charge in [0, 0.05) is 11.8 Å². The summed E-state index contributed by atoms with van der Waals surface area (Å²) in [7, 11) is 2.65. The fourth-order valence-electron chi connectivity index (χ4n) is 4.17. The predicted octanol–water partition coefficient (Wildman–Crippen LogP) is 4.50. The Morgan fingerprint density at radius 1 is 0.733 bits per heavy atom. The van der Waals surface area contributed by atoms with Gasteiger partial charge in [-0.3, -0.25) is 0 Å². The summed E-state index contributed by atoms with van der Waals surface area (Å²) in [5, 5.41) is 0. The van der Waals surface area contributed by atoms with Crippen LogP contribution in [-0.2, 0) is 19.1 Å². The molecule has 0 saturated carbocycles. The van der Waals surface area contributed by atoms with Crippen molar-refractivity contribution in [2.75, 3.05) is 14.2 Å². The Morgan fingerprint density at radius 3 is 1.57 bits per heavy atom. The molecule has 30 heavy (non-hydrogen) atoms. The lowest BCUT2D eigenvalue weighted by Crippen LogP contribution is -2.17. The number of methoxy groups -OCH3 is 2. The monoisotopic (exact) mass is 398 g/mol. The van der Waals surface area contributed by atoms with Crippen molar-refractivity contribution in [2.24, 2.45) is 11.8 Å². The molecular formula is C26H22O4. The fourth-order valence-corrected chi connectivity index (χ4v) is 4.17. The molecule has 2 aromatic carbocycles. The molecule has 0 spiro atoms. The summed E-state index contributed by atoms with van der Waals surface area (Å²) in [6.07, 6.45) is 7.98. The summed E-state index contributed by atoms with van der Waals surface area (Å²) in [6.45, 7) is 0. The Hall–Kier alpha value is -3.66. The number of benzene rings is 2. The Labute approximate surface area is 175 Å². The van der Waals surface area contributed by atoms with Crippen LogP contribution in [0, 0.1) is 11.8 Å². The summed E-state index contributed by atoms with van der Waals surface area (Å²) < 4.78 is 9.89. The molecule has 2 aliphatic carbocycles. The van der Waals surface area contributed by atoms with Crippen LogP contribution in [-0.4, -0.2) is 26.2 Å². The normalized spacial score (nSPS) is 18.9. The molecular weight excluding hydrogens is 376 g/mol. The van der Waals surface area contributed by atoms with Crippen molar-refractivity contribution in [1.29, 1.82) is 0 Å². The minimum Gasteiger partial charge on any atom is -0.466 e. The molecule has 0 radical (unpaired) electrons. The van der Waals surface area contributed by atoms with E-state index in [2.05, 4.69) is 30.3 Å². The van der Waals surface area contributed by atoms with E-state index in [-0.39, 0.29) is 11.8 Å². The van der Waals surface area contributed by atoms with Crippen LogP contribution in [0.15, 0.2) is 102 Å². The molecule has 0 aliphatic heterocycles. The zero-order valence-corrected chi connectivity index (χ0v) is 16.9. The Kier molecular flexibility index (Phi) is 5.48. The SMILES string of the molecule is COC(=O)C1=C(C(=O)OC)C2C=CC1C2=CC=C(c1ccccc1)c1ccccc1. The quantitative estimate of drug-likeness (QED) is 0.550. The van der Waals surface area contributed by atoms with E-state index in [0.717, 1.165) is 22.3 Å². The van der Waals surface area contributed by atoms with Gasteiger partial charge in [-0.1, -0.05) is 85.0 Å². The van der Waals surface area contributed by atoms with Gasteiger partial charge in [-0.2, -0.15) is 0 Å². The Balaban J connectivity index is 1.78. The van der Waals surface area contributed by atoms with Crippen LogP contribution in [0.1, 0.15) is 11.1 Å². The van der Waals surface area contributed by atoms with Crippen molar-refractivity contribution in [3.8, 4) is 0 Å². The highest BCUT2D eigenvalue weighted by Crippen LogP contribution is 2.49. The van der Waals surface area contributed by atoms with Crippen molar-refractivity contribution < 1.29 is 19.1 Å². The van der Waals surface area contributed by atoms with Gasteiger partial charge in [-0.05, 0) is 22.3 Å². The van der Waals surface area contributed by atoms with Gasteiger partial charge in [0.05, 0.1) is 25.4 Å². The molecule has 4 heteroatoms. The number of esters is 2. The fraction of sp³-hybridized carbons (Fsp3) is 0.154. The molecule has 0 saturated heterocycles. The van der Waals surface area contributed by atoms with Crippen molar-refractivity contribution in [3.63, 3.8) is 0 Å². The highest BCUT2D eigenvalue weighted by molar-refractivity contribution is 6.05. The summed E-state index contributed by atoms with van der Waals surface area (Å²) in [6, 6.07) is 20.3. The molecule has 0 fully saturated rings. The van der Waals surface area contributed by atoms with Gasteiger partial charge in [0.25, 0.3) is 0 Å². The minimum atomic E-state index is -0.492. The first-order valence-electron chi connectivity index (χ1n) is 9.77. The third kappa shape index (κ3) is 3.41. The number of fused-ring (bicyclic) bond motifs is 2. The van der Waals surface area contributed by atoms with E-state index in [1.165, 1.54) is 14.2 Å². The van der Waals surface area contributed by atoms with E-state index in [4.69, 9.17) is 9.47 Å². The lowest BCUT2D eigenvalue weighted by molar-refractivity contribution is -0.139.